The van der Waals surface area contributed by atoms with Crippen LogP contribution in [0.2, 0.25) is 0 Å². The summed E-state index contributed by atoms with van der Waals surface area (Å²) in [5, 5.41) is 41.8. The fourth-order valence-electron chi connectivity index (χ4n) is 5.30. The Morgan fingerprint density at radius 3 is 2.43 bits per heavy atom. The first-order chi connectivity index (χ1) is 16.6. The molecule has 1 aromatic carbocycles. The molecule has 4 rings (SSSR count). The average Bonchev–Trinajstić information content (AvgIpc) is 2.80. The minimum atomic E-state index is -2.08. The number of aliphatic hydroxyl groups is 3. The van der Waals surface area contributed by atoms with Crippen LogP contribution < -0.4 is 21.7 Å². The molecule has 0 radical (unpaired) electrons. The molecular weight excluding hydrogens is 463 g/mol. The summed E-state index contributed by atoms with van der Waals surface area (Å²) in [4.78, 5) is 12.9. The zero-order valence-corrected chi connectivity index (χ0v) is 19.9. The van der Waals surface area contributed by atoms with Gasteiger partial charge in [-0.1, -0.05) is 12.1 Å². The largest absolute Gasteiger partial charge is 0.390 e. The van der Waals surface area contributed by atoms with Crippen molar-refractivity contribution in [3.05, 3.63) is 35.6 Å². The van der Waals surface area contributed by atoms with Gasteiger partial charge in [0.25, 0.3) is 0 Å². The first kappa shape index (κ1) is 26.3. The second kappa shape index (κ2) is 10.3. The van der Waals surface area contributed by atoms with Crippen molar-refractivity contribution in [1.82, 2.24) is 16.0 Å². The van der Waals surface area contributed by atoms with E-state index in [1.165, 1.54) is 24.3 Å². The van der Waals surface area contributed by atoms with E-state index in [2.05, 4.69) is 16.0 Å². The van der Waals surface area contributed by atoms with Crippen molar-refractivity contribution in [2.24, 2.45) is 5.73 Å². The van der Waals surface area contributed by atoms with Crippen molar-refractivity contribution in [2.75, 3.05) is 14.1 Å². The molecule has 2 aliphatic heterocycles. The number of hydrogen-bond donors (Lipinski definition) is 7. The summed E-state index contributed by atoms with van der Waals surface area (Å²) in [6.45, 7) is 1.77. The van der Waals surface area contributed by atoms with E-state index in [0.717, 1.165) is 0 Å². The molecule has 8 N–H and O–H groups in total. The number of rotatable bonds is 6. The Hall–Kier alpha value is -1.74. The quantitative estimate of drug-likeness (QED) is 0.238. The Kier molecular flexibility index (Phi) is 7.77. The molecule has 1 saturated carbocycles. The molecule has 1 aliphatic carbocycles. The number of carbonyl (C=O) groups excluding carboxylic acids is 1. The Morgan fingerprint density at radius 2 is 1.80 bits per heavy atom. The average molecular weight is 499 g/mol. The molecule has 11 nitrogen and oxygen atoms in total. The van der Waals surface area contributed by atoms with Crippen LogP contribution in [0, 0.1) is 5.82 Å². The first-order valence-corrected chi connectivity index (χ1v) is 11.8. The monoisotopic (exact) mass is 498 g/mol. The summed E-state index contributed by atoms with van der Waals surface area (Å²) >= 11 is 0. The van der Waals surface area contributed by atoms with Gasteiger partial charge >= 0.3 is 0 Å². The van der Waals surface area contributed by atoms with E-state index >= 15 is 0 Å². The molecule has 0 bridgehead atoms. The molecule has 196 valence electrons. The van der Waals surface area contributed by atoms with Gasteiger partial charge in [0.2, 0.25) is 18.0 Å². The predicted octanol–water partition coefficient (Wildman–Crippen LogP) is -1.78. The molecule has 35 heavy (non-hydrogen) atoms. The van der Waals surface area contributed by atoms with Crippen molar-refractivity contribution in [2.45, 2.75) is 86.5 Å². The third-order valence-corrected chi connectivity index (χ3v) is 7.19. The van der Waals surface area contributed by atoms with Crippen LogP contribution in [-0.2, 0) is 19.0 Å². The fraction of sp³-hybridized carbons (Fsp3) is 0.696. The lowest BCUT2D eigenvalue weighted by Gasteiger charge is -2.58. The van der Waals surface area contributed by atoms with Crippen LogP contribution in [0.4, 0.5) is 4.39 Å². The maximum absolute atomic E-state index is 13.2. The third-order valence-electron chi connectivity index (χ3n) is 7.19. The molecule has 3 unspecified atom stereocenters. The maximum Gasteiger partial charge on any atom is 0.239 e. The number of nitrogens with one attached hydrogen (secondary N) is 3. The lowest BCUT2D eigenvalue weighted by atomic mass is 9.79. The molecule has 0 spiro atoms. The van der Waals surface area contributed by atoms with Gasteiger partial charge in [-0.05, 0) is 45.1 Å². The zero-order chi connectivity index (χ0) is 25.5. The van der Waals surface area contributed by atoms with Gasteiger partial charge in [0, 0.05) is 12.5 Å². The number of ether oxygens (including phenoxy) is 3. The second-order valence-electron chi connectivity index (χ2n) is 9.54. The van der Waals surface area contributed by atoms with Crippen LogP contribution in [0.1, 0.15) is 31.4 Å². The number of halogens is 1. The molecular formula is C23H35FN4O7. The van der Waals surface area contributed by atoms with Crippen LogP contribution in [0.5, 0.6) is 0 Å². The number of fused-ring (bicyclic) bond motifs is 2. The Bertz CT molecular complexity index is 895. The van der Waals surface area contributed by atoms with E-state index in [-0.39, 0.29) is 12.8 Å². The highest BCUT2D eigenvalue weighted by atomic mass is 19.1. The van der Waals surface area contributed by atoms with Crippen LogP contribution in [0.3, 0.4) is 0 Å². The van der Waals surface area contributed by atoms with E-state index in [9.17, 15) is 24.5 Å². The molecule has 3 aliphatic rings. The summed E-state index contributed by atoms with van der Waals surface area (Å²) in [5.41, 5.74) is 6.72. The van der Waals surface area contributed by atoms with Gasteiger partial charge in [-0.2, -0.15) is 0 Å². The molecule has 0 aromatic heterocycles. The van der Waals surface area contributed by atoms with Gasteiger partial charge in [-0.25, -0.2) is 4.39 Å². The van der Waals surface area contributed by atoms with Crippen molar-refractivity contribution in [3.63, 3.8) is 0 Å². The minimum absolute atomic E-state index is 0.106. The lowest BCUT2D eigenvalue weighted by molar-refractivity contribution is -0.449. The van der Waals surface area contributed by atoms with Gasteiger partial charge in [0.05, 0.1) is 30.3 Å². The summed E-state index contributed by atoms with van der Waals surface area (Å²) in [6, 6.07) is 2.59. The normalized spacial score (nSPS) is 42.0. The molecule has 3 fully saturated rings. The summed E-state index contributed by atoms with van der Waals surface area (Å²) < 4.78 is 31.1. The van der Waals surface area contributed by atoms with Gasteiger partial charge in [0.15, 0.2) is 0 Å². The van der Waals surface area contributed by atoms with Crippen LogP contribution in [-0.4, -0.2) is 96.0 Å². The van der Waals surface area contributed by atoms with Gasteiger partial charge in [-0.15, -0.1) is 0 Å². The topological polar surface area (TPSA) is 168 Å². The lowest BCUT2D eigenvalue weighted by Crippen LogP contribution is -2.79. The first-order valence-electron chi connectivity index (χ1n) is 11.8. The number of hydrogen-bond acceptors (Lipinski definition) is 10. The van der Waals surface area contributed by atoms with Gasteiger partial charge in [0.1, 0.15) is 24.1 Å². The summed E-state index contributed by atoms with van der Waals surface area (Å²) in [7, 11) is 3.25. The standard InChI is InChI=1S/C23H35FN4O7/c1-10-8-14(28-15(29)9-13(25)11-4-6-12(24)7-5-11)23(32)22(33-10)34-21-19(31)16(26-2)18(30)17(27-3)20(21)35-23/h4-7,10,13-14,16-22,26-27,30-32H,8-9,25H2,1-3H3,(H,28,29)/t10-,13-,14-,16-,17+,18+,19+,20?,21?,22?,23+/m1/s1. The number of likely N-dealkylation sites (N-methyl/N-ethyl adjacent to an activating group) is 2. The van der Waals surface area contributed by atoms with E-state index in [4.69, 9.17) is 19.9 Å². The highest BCUT2D eigenvalue weighted by Crippen LogP contribution is 2.42. The number of benzene rings is 1. The Morgan fingerprint density at radius 1 is 1.14 bits per heavy atom. The number of aliphatic hydroxyl groups excluding tert-OH is 2. The van der Waals surface area contributed by atoms with Crippen molar-refractivity contribution >= 4 is 5.91 Å². The molecule has 2 heterocycles. The van der Waals surface area contributed by atoms with Crippen LogP contribution in [0.25, 0.3) is 0 Å². The summed E-state index contributed by atoms with van der Waals surface area (Å²) in [6.07, 6.45) is -5.61. The smallest absolute Gasteiger partial charge is 0.239 e. The van der Waals surface area contributed by atoms with Crippen molar-refractivity contribution in [3.8, 4) is 0 Å². The Labute approximate surface area is 203 Å². The number of amides is 1. The van der Waals surface area contributed by atoms with Gasteiger partial charge in [-0.3, -0.25) is 4.79 Å². The van der Waals surface area contributed by atoms with Crippen molar-refractivity contribution < 1.29 is 38.7 Å². The van der Waals surface area contributed by atoms with E-state index in [0.29, 0.717) is 5.56 Å². The van der Waals surface area contributed by atoms with E-state index < -0.39 is 78.5 Å². The fourth-order valence-corrected chi connectivity index (χ4v) is 5.30. The van der Waals surface area contributed by atoms with E-state index in [1.54, 1.807) is 21.0 Å². The molecule has 11 atom stereocenters. The van der Waals surface area contributed by atoms with Gasteiger partial charge < -0.3 is 51.2 Å². The maximum atomic E-state index is 13.2. The number of nitrogens with two attached hydrogens (primary N) is 1. The van der Waals surface area contributed by atoms with Crippen LogP contribution >= 0.6 is 0 Å². The highest BCUT2D eigenvalue weighted by Gasteiger charge is 2.63. The summed E-state index contributed by atoms with van der Waals surface area (Å²) in [5.74, 6) is -2.92. The molecule has 12 heteroatoms. The zero-order valence-electron chi connectivity index (χ0n) is 19.9. The minimum Gasteiger partial charge on any atom is -0.390 e. The SMILES string of the molecule is CN[C@@H]1[C@H](O)[C@H](NC)C2O[C@]3(O)C(OC2[C@H]1O)O[C@H](C)C[C@H]3NC(=O)C[C@@H](N)c1ccc(F)cc1. The van der Waals surface area contributed by atoms with E-state index in [1.807, 2.05) is 0 Å². The molecule has 2 saturated heterocycles. The number of carbonyl (C=O) groups is 1. The predicted molar refractivity (Wildman–Crippen MR) is 121 cm³/mol. The third kappa shape index (κ3) is 4.95. The highest BCUT2D eigenvalue weighted by molar-refractivity contribution is 5.77. The Balaban J connectivity index is 1.51. The molecule has 1 amide bonds. The second-order valence-corrected chi connectivity index (χ2v) is 9.54. The molecule has 1 aromatic rings. The van der Waals surface area contributed by atoms with Crippen LogP contribution in [0.15, 0.2) is 24.3 Å². The van der Waals surface area contributed by atoms with Crippen molar-refractivity contribution in [1.29, 1.82) is 0 Å².